The lowest BCUT2D eigenvalue weighted by atomic mass is 10.2. The first-order valence-corrected chi connectivity index (χ1v) is 5.00. The van der Waals surface area contributed by atoms with Gasteiger partial charge >= 0.3 is 0 Å². The Morgan fingerprint density at radius 2 is 2.21 bits per heavy atom. The lowest BCUT2D eigenvalue weighted by molar-refractivity contribution is 1.02. The Morgan fingerprint density at radius 3 is 2.79 bits per heavy atom. The van der Waals surface area contributed by atoms with Crippen LogP contribution in [0.4, 0.5) is 0 Å². The first kappa shape index (κ1) is 9.49. The Kier molecular flexibility index (Phi) is 2.44. The third kappa shape index (κ3) is 1.49. The molecule has 2 nitrogen and oxygen atoms in total. The molecule has 0 aliphatic heterocycles. The van der Waals surface area contributed by atoms with Gasteiger partial charge in [-0.25, -0.2) is 0 Å². The molecular weight excluding hydrogens is 216 g/mol. The summed E-state index contributed by atoms with van der Waals surface area (Å²) in [5.41, 5.74) is 2.05. The zero-order valence-electron chi connectivity index (χ0n) is 7.62. The zero-order valence-corrected chi connectivity index (χ0v) is 9.19. The summed E-state index contributed by atoms with van der Waals surface area (Å²) < 4.78 is 2.52. The Labute approximate surface area is 92.2 Å². The van der Waals surface area contributed by atoms with E-state index in [0.717, 1.165) is 11.3 Å². The molecule has 1 aromatic heterocycles. The van der Waals surface area contributed by atoms with Gasteiger partial charge in [0.05, 0.1) is 10.7 Å². The van der Waals surface area contributed by atoms with Gasteiger partial charge in [-0.2, -0.15) is 0 Å². The van der Waals surface area contributed by atoms with E-state index in [0.29, 0.717) is 9.79 Å². The molecule has 1 N–H and O–H groups in total. The van der Waals surface area contributed by atoms with Crippen molar-refractivity contribution >= 4 is 23.8 Å². The first-order chi connectivity index (χ1) is 6.70. The molecule has 0 unspecified atom stereocenters. The molecule has 0 amide bonds. The summed E-state index contributed by atoms with van der Waals surface area (Å²) in [5, 5.41) is 0.709. The highest BCUT2D eigenvalue weighted by Crippen LogP contribution is 2.23. The monoisotopic (exact) mass is 224 g/mol. The van der Waals surface area contributed by atoms with Gasteiger partial charge < -0.3 is 4.98 Å². The number of aromatic nitrogens is 2. The van der Waals surface area contributed by atoms with Crippen molar-refractivity contribution in [3.63, 3.8) is 0 Å². The van der Waals surface area contributed by atoms with Crippen LogP contribution in [0.25, 0.3) is 5.69 Å². The van der Waals surface area contributed by atoms with E-state index in [1.165, 1.54) is 0 Å². The molecule has 0 aliphatic carbocycles. The fourth-order valence-corrected chi connectivity index (χ4v) is 1.96. The highest BCUT2D eigenvalue weighted by Gasteiger charge is 2.05. The number of hydrogen-bond acceptors (Lipinski definition) is 1. The molecule has 72 valence electrons. The van der Waals surface area contributed by atoms with E-state index < -0.39 is 0 Å². The smallest absolute Gasteiger partial charge is 0.181 e. The van der Waals surface area contributed by atoms with Gasteiger partial charge in [0.25, 0.3) is 0 Å². The van der Waals surface area contributed by atoms with Crippen LogP contribution in [0.2, 0.25) is 5.02 Å². The molecule has 0 fully saturated rings. The second kappa shape index (κ2) is 3.59. The number of benzene rings is 1. The van der Waals surface area contributed by atoms with Crippen molar-refractivity contribution in [1.29, 1.82) is 0 Å². The lowest BCUT2D eigenvalue weighted by Gasteiger charge is -2.08. The third-order valence-electron chi connectivity index (χ3n) is 2.08. The molecule has 0 radical (unpaired) electrons. The molecular formula is C10H9ClN2S. The SMILES string of the molecule is Cc1cccc(Cl)c1-n1cc[nH]c1=S. The Balaban J connectivity index is 2.74. The maximum atomic E-state index is 6.11. The average molecular weight is 225 g/mol. The van der Waals surface area contributed by atoms with Crippen molar-refractivity contribution in [3.05, 3.63) is 45.9 Å². The van der Waals surface area contributed by atoms with E-state index in [-0.39, 0.29) is 0 Å². The van der Waals surface area contributed by atoms with Crippen LogP contribution in [0.15, 0.2) is 30.6 Å². The van der Waals surface area contributed by atoms with Crippen molar-refractivity contribution in [2.75, 3.05) is 0 Å². The van der Waals surface area contributed by atoms with E-state index in [4.69, 9.17) is 23.8 Å². The molecule has 0 spiro atoms. The minimum Gasteiger partial charge on any atom is -0.337 e. The van der Waals surface area contributed by atoms with Crippen LogP contribution in [0.1, 0.15) is 5.56 Å². The summed E-state index contributed by atoms with van der Waals surface area (Å²) in [6.07, 6.45) is 3.67. The maximum Gasteiger partial charge on any atom is 0.181 e. The second-order valence-electron chi connectivity index (χ2n) is 3.04. The van der Waals surface area contributed by atoms with Gasteiger partial charge in [0, 0.05) is 12.4 Å². The van der Waals surface area contributed by atoms with Gasteiger partial charge in [0.1, 0.15) is 0 Å². The molecule has 1 heterocycles. The van der Waals surface area contributed by atoms with Crippen LogP contribution in [0.5, 0.6) is 0 Å². The van der Waals surface area contributed by atoms with Crippen LogP contribution in [-0.4, -0.2) is 9.55 Å². The highest BCUT2D eigenvalue weighted by molar-refractivity contribution is 7.71. The first-order valence-electron chi connectivity index (χ1n) is 4.21. The van der Waals surface area contributed by atoms with Crippen molar-refractivity contribution < 1.29 is 0 Å². The van der Waals surface area contributed by atoms with Gasteiger partial charge in [-0.1, -0.05) is 23.7 Å². The second-order valence-corrected chi connectivity index (χ2v) is 3.83. The lowest BCUT2D eigenvalue weighted by Crippen LogP contribution is -1.96. The van der Waals surface area contributed by atoms with Crippen molar-refractivity contribution in [3.8, 4) is 5.69 Å². The maximum absolute atomic E-state index is 6.11. The van der Waals surface area contributed by atoms with Crippen molar-refractivity contribution in [2.24, 2.45) is 0 Å². The summed E-state index contributed by atoms with van der Waals surface area (Å²) >= 11 is 11.2. The number of halogens is 1. The van der Waals surface area contributed by atoms with E-state index in [1.807, 2.05) is 35.9 Å². The highest BCUT2D eigenvalue weighted by atomic mass is 35.5. The van der Waals surface area contributed by atoms with Crippen molar-refractivity contribution in [1.82, 2.24) is 9.55 Å². The van der Waals surface area contributed by atoms with Crippen LogP contribution < -0.4 is 0 Å². The van der Waals surface area contributed by atoms with Gasteiger partial charge in [0.15, 0.2) is 4.77 Å². The fourth-order valence-electron chi connectivity index (χ4n) is 1.42. The molecule has 0 saturated heterocycles. The van der Waals surface area contributed by atoms with E-state index in [2.05, 4.69) is 4.98 Å². The van der Waals surface area contributed by atoms with E-state index in [9.17, 15) is 0 Å². The molecule has 4 heteroatoms. The molecule has 2 rings (SSSR count). The number of nitrogens with one attached hydrogen (secondary N) is 1. The zero-order chi connectivity index (χ0) is 10.1. The summed E-state index contributed by atoms with van der Waals surface area (Å²) in [6, 6.07) is 5.80. The summed E-state index contributed by atoms with van der Waals surface area (Å²) in [5.74, 6) is 0. The molecule has 0 atom stereocenters. The third-order valence-corrected chi connectivity index (χ3v) is 2.70. The normalized spacial score (nSPS) is 10.4. The van der Waals surface area contributed by atoms with E-state index in [1.54, 1.807) is 6.20 Å². The fraction of sp³-hybridized carbons (Fsp3) is 0.100. The predicted octanol–water partition coefficient (Wildman–Crippen LogP) is 3.50. The number of hydrogen-bond donors (Lipinski definition) is 1. The summed E-state index contributed by atoms with van der Waals surface area (Å²) in [6.45, 7) is 2.01. The Bertz CT molecular complexity index is 493. The van der Waals surface area contributed by atoms with Crippen LogP contribution >= 0.6 is 23.8 Å². The molecule has 14 heavy (non-hydrogen) atoms. The number of rotatable bonds is 1. The minimum atomic E-state index is 0.654. The number of aryl methyl sites for hydroxylation is 1. The number of aromatic amines is 1. The number of H-pyrrole nitrogens is 1. The number of nitrogens with zero attached hydrogens (tertiary/aromatic N) is 1. The Hall–Kier alpha value is -1.06. The number of imidazole rings is 1. The predicted molar refractivity (Wildman–Crippen MR) is 60.7 cm³/mol. The van der Waals surface area contributed by atoms with Gasteiger partial charge in [0.2, 0.25) is 0 Å². The van der Waals surface area contributed by atoms with Crippen LogP contribution in [0, 0.1) is 11.7 Å². The quantitative estimate of drug-likeness (QED) is 0.736. The van der Waals surface area contributed by atoms with Crippen LogP contribution in [-0.2, 0) is 0 Å². The molecule has 0 aliphatic rings. The van der Waals surface area contributed by atoms with Crippen LogP contribution in [0.3, 0.4) is 0 Å². The van der Waals surface area contributed by atoms with Crippen molar-refractivity contribution in [2.45, 2.75) is 6.92 Å². The minimum absolute atomic E-state index is 0.654. The summed E-state index contributed by atoms with van der Waals surface area (Å²) in [7, 11) is 0. The Morgan fingerprint density at radius 1 is 1.43 bits per heavy atom. The number of para-hydroxylation sites is 1. The molecule has 1 aromatic carbocycles. The molecule has 0 bridgehead atoms. The largest absolute Gasteiger partial charge is 0.337 e. The molecule has 0 saturated carbocycles. The summed E-state index contributed by atoms with van der Waals surface area (Å²) in [4.78, 5) is 2.94. The van der Waals surface area contributed by atoms with Gasteiger partial charge in [-0.15, -0.1) is 0 Å². The van der Waals surface area contributed by atoms with Gasteiger partial charge in [-0.05, 0) is 30.8 Å². The molecule has 2 aromatic rings. The standard InChI is InChI=1S/C10H9ClN2S/c1-7-3-2-4-8(11)9(7)13-6-5-12-10(13)14/h2-6H,1H3,(H,12,14). The average Bonchev–Trinajstić information content (AvgIpc) is 2.52. The van der Waals surface area contributed by atoms with Gasteiger partial charge in [-0.3, -0.25) is 4.57 Å². The topological polar surface area (TPSA) is 20.7 Å². The van der Waals surface area contributed by atoms with E-state index >= 15 is 0 Å².